The van der Waals surface area contributed by atoms with Crippen LogP contribution in [-0.4, -0.2) is 4.98 Å². The number of hydrogen-bond acceptors (Lipinski definition) is 1. The van der Waals surface area contributed by atoms with Gasteiger partial charge in [-0.05, 0) is 25.0 Å². The summed E-state index contributed by atoms with van der Waals surface area (Å²) < 4.78 is 25.5. The first-order chi connectivity index (χ1) is 7.29. The lowest BCUT2D eigenvalue weighted by molar-refractivity contribution is 0.148. The van der Waals surface area contributed by atoms with Gasteiger partial charge in [0.05, 0.1) is 5.69 Å². The van der Waals surface area contributed by atoms with Gasteiger partial charge in [-0.2, -0.15) is 0 Å². The van der Waals surface area contributed by atoms with Crippen LogP contribution < -0.4 is 0 Å². The van der Waals surface area contributed by atoms with Gasteiger partial charge < -0.3 is 0 Å². The van der Waals surface area contributed by atoms with Gasteiger partial charge in [0.2, 0.25) is 0 Å². The minimum Gasteiger partial charge on any atom is -0.261 e. The third-order valence-electron chi connectivity index (χ3n) is 3.10. The van der Waals surface area contributed by atoms with Gasteiger partial charge in [-0.15, -0.1) is 0 Å². The van der Waals surface area contributed by atoms with E-state index in [0.717, 1.165) is 25.7 Å². The Morgan fingerprint density at radius 3 is 2.60 bits per heavy atom. The highest BCUT2D eigenvalue weighted by molar-refractivity contribution is 5.24. The predicted octanol–water partition coefficient (Wildman–Crippen LogP) is 4.07. The number of alkyl halides is 2. The lowest BCUT2D eigenvalue weighted by Gasteiger charge is -2.22. The first kappa shape index (κ1) is 10.5. The third-order valence-corrected chi connectivity index (χ3v) is 3.10. The summed E-state index contributed by atoms with van der Waals surface area (Å²) in [5.74, 6) is 0.254. The molecule has 1 aromatic heterocycles. The van der Waals surface area contributed by atoms with E-state index in [4.69, 9.17) is 0 Å². The summed E-state index contributed by atoms with van der Waals surface area (Å²) in [5.41, 5.74) is 0.761. The Morgan fingerprint density at radius 2 is 1.93 bits per heavy atom. The smallest absolute Gasteiger partial charge is 0.261 e. The van der Waals surface area contributed by atoms with Crippen molar-refractivity contribution in [3.63, 3.8) is 0 Å². The highest BCUT2D eigenvalue weighted by Crippen LogP contribution is 2.35. The Labute approximate surface area is 88.5 Å². The van der Waals surface area contributed by atoms with Crippen LogP contribution in [-0.2, 0) is 0 Å². The number of halogens is 2. The monoisotopic (exact) mass is 211 g/mol. The van der Waals surface area contributed by atoms with Gasteiger partial charge in [-0.25, -0.2) is 8.78 Å². The zero-order valence-electron chi connectivity index (χ0n) is 8.63. The fraction of sp³-hybridized carbons (Fsp3) is 0.583. The molecule has 1 fully saturated rings. The van der Waals surface area contributed by atoms with E-state index in [1.54, 1.807) is 12.3 Å². The molecule has 0 aromatic carbocycles. The number of hydrogen-bond donors (Lipinski definition) is 0. The topological polar surface area (TPSA) is 12.9 Å². The van der Waals surface area contributed by atoms with Crippen LogP contribution in [0.5, 0.6) is 0 Å². The Hall–Kier alpha value is -0.990. The molecule has 0 radical (unpaired) electrons. The molecule has 0 N–H and O–H groups in total. The molecular weight excluding hydrogens is 196 g/mol. The quantitative estimate of drug-likeness (QED) is 0.718. The molecule has 1 saturated carbocycles. The standard InChI is InChI=1S/C12H15F2N/c13-12(14)10-7-4-8-15-11(10)9-5-2-1-3-6-9/h4,7-9,12H,1-3,5-6H2. The van der Waals surface area contributed by atoms with Gasteiger partial charge in [0.1, 0.15) is 0 Å². The molecule has 1 aromatic rings. The predicted molar refractivity (Wildman–Crippen MR) is 55.0 cm³/mol. The van der Waals surface area contributed by atoms with Crippen LogP contribution in [0.3, 0.4) is 0 Å². The first-order valence-electron chi connectivity index (χ1n) is 5.52. The molecule has 1 aliphatic carbocycles. The number of aromatic nitrogens is 1. The second kappa shape index (κ2) is 4.69. The molecule has 15 heavy (non-hydrogen) atoms. The Morgan fingerprint density at radius 1 is 1.20 bits per heavy atom. The van der Waals surface area contributed by atoms with Gasteiger partial charge >= 0.3 is 0 Å². The van der Waals surface area contributed by atoms with Crippen LogP contribution in [0.25, 0.3) is 0 Å². The largest absolute Gasteiger partial charge is 0.265 e. The van der Waals surface area contributed by atoms with Crippen LogP contribution in [0.15, 0.2) is 18.3 Å². The SMILES string of the molecule is FC(F)c1cccnc1C1CCCCC1. The molecule has 1 heterocycles. The summed E-state index contributed by atoms with van der Waals surface area (Å²) in [5, 5.41) is 0. The molecule has 0 amide bonds. The highest BCUT2D eigenvalue weighted by Gasteiger charge is 2.22. The van der Waals surface area contributed by atoms with Crippen LogP contribution in [0, 0.1) is 0 Å². The Bertz CT molecular complexity index is 319. The van der Waals surface area contributed by atoms with Crippen molar-refractivity contribution in [3.8, 4) is 0 Å². The zero-order chi connectivity index (χ0) is 10.7. The number of nitrogens with zero attached hydrogens (tertiary/aromatic N) is 1. The molecule has 0 saturated heterocycles. The van der Waals surface area contributed by atoms with Crippen LogP contribution in [0.4, 0.5) is 8.78 Å². The van der Waals surface area contributed by atoms with Crippen LogP contribution >= 0.6 is 0 Å². The van der Waals surface area contributed by atoms with Crippen molar-refractivity contribution >= 4 is 0 Å². The summed E-state index contributed by atoms with van der Waals surface area (Å²) in [7, 11) is 0. The van der Waals surface area contributed by atoms with Crippen molar-refractivity contribution in [1.82, 2.24) is 4.98 Å². The maximum absolute atomic E-state index is 12.7. The molecule has 0 aliphatic heterocycles. The molecule has 1 nitrogen and oxygen atoms in total. The maximum atomic E-state index is 12.7. The van der Waals surface area contributed by atoms with Crippen molar-refractivity contribution in [3.05, 3.63) is 29.6 Å². The molecule has 0 spiro atoms. The van der Waals surface area contributed by atoms with Crippen molar-refractivity contribution in [1.29, 1.82) is 0 Å². The molecule has 0 bridgehead atoms. The summed E-state index contributed by atoms with van der Waals surface area (Å²) in [6, 6.07) is 3.09. The van der Waals surface area contributed by atoms with E-state index in [9.17, 15) is 8.78 Å². The molecule has 0 atom stereocenters. The fourth-order valence-corrected chi connectivity index (χ4v) is 2.33. The normalized spacial score (nSPS) is 18.3. The Kier molecular flexibility index (Phi) is 3.29. The van der Waals surface area contributed by atoms with E-state index in [1.165, 1.54) is 12.5 Å². The van der Waals surface area contributed by atoms with Gasteiger partial charge in [0.25, 0.3) is 6.43 Å². The van der Waals surface area contributed by atoms with E-state index in [1.807, 2.05) is 0 Å². The Balaban J connectivity index is 2.25. The zero-order valence-corrected chi connectivity index (χ0v) is 8.63. The van der Waals surface area contributed by atoms with E-state index in [-0.39, 0.29) is 11.5 Å². The third kappa shape index (κ3) is 2.33. The molecule has 1 aliphatic rings. The summed E-state index contributed by atoms with van der Waals surface area (Å²) >= 11 is 0. The molecule has 82 valence electrons. The summed E-state index contributed by atoms with van der Waals surface area (Å²) in [6.45, 7) is 0. The minimum absolute atomic E-state index is 0.129. The summed E-state index contributed by atoms with van der Waals surface area (Å²) in [4.78, 5) is 4.14. The molecule has 2 rings (SSSR count). The minimum atomic E-state index is -2.39. The van der Waals surface area contributed by atoms with Gasteiger partial charge in [-0.1, -0.05) is 19.3 Å². The van der Waals surface area contributed by atoms with E-state index in [2.05, 4.69) is 4.98 Å². The number of rotatable bonds is 2. The number of pyridine rings is 1. The maximum Gasteiger partial charge on any atom is 0.265 e. The van der Waals surface area contributed by atoms with E-state index in [0.29, 0.717) is 5.69 Å². The molecule has 0 unspecified atom stereocenters. The molecule has 3 heteroatoms. The van der Waals surface area contributed by atoms with Crippen molar-refractivity contribution in [2.24, 2.45) is 0 Å². The second-order valence-electron chi connectivity index (χ2n) is 4.11. The van der Waals surface area contributed by atoms with E-state index < -0.39 is 6.43 Å². The highest BCUT2D eigenvalue weighted by atomic mass is 19.3. The van der Waals surface area contributed by atoms with Crippen LogP contribution in [0.2, 0.25) is 0 Å². The summed E-state index contributed by atoms with van der Waals surface area (Å²) in [6.07, 6.45) is 4.76. The lowest BCUT2D eigenvalue weighted by Crippen LogP contribution is -2.09. The van der Waals surface area contributed by atoms with E-state index >= 15 is 0 Å². The first-order valence-corrected chi connectivity index (χ1v) is 5.52. The van der Waals surface area contributed by atoms with Crippen molar-refractivity contribution in [2.75, 3.05) is 0 Å². The lowest BCUT2D eigenvalue weighted by atomic mass is 9.85. The van der Waals surface area contributed by atoms with Crippen molar-refractivity contribution < 1.29 is 8.78 Å². The fourth-order valence-electron chi connectivity index (χ4n) is 2.33. The average molecular weight is 211 g/mol. The molecular formula is C12H15F2N. The van der Waals surface area contributed by atoms with Gasteiger partial charge in [0.15, 0.2) is 0 Å². The van der Waals surface area contributed by atoms with Crippen LogP contribution in [0.1, 0.15) is 55.7 Å². The van der Waals surface area contributed by atoms with Gasteiger partial charge in [0, 0.05) is 17.7 Å². The van der Waals surface area contributed by atoms with Crippen molar-refractivity contribution in [2.45, 2.75) is 44.4 Å². The average Bonchev–Trinajstić information content (AvgIpc) is 2.30. The second-order valence-corrected chi connectivity index (χ2v) is 4.11. The van der Waals surface area contributed by atoms with Gasteiger partial charge in [-0.3, -0.25) is 4.98 Å².